The highest BCUT2D eigenvalue weighted by Gasteiger charge is 2.10. The molecule has 1 aromatic heterocycles. The second-order valence-electron chi connectivity index (χ2n) is 4.09. The van der Waals surface area contributed by atoms with Crippen molar-refractivity contribution in [3.8, 4) is 0 Å². The number of nitrogens with one attached hydrogen (secondary N) is 1. The van der Waals surface area contributed by atoms with Crippen LogP contribution in [0.3, 0.4) is 0 Å². The van der Waals surface area contributed by atoms with Gasteiger partial charge in [-0.25, -0.2) is 4.39 Å². The number of carbonyl (C=O) groups excluding carboxylic acids is 1. The zero-order valence-corrected chi connectivity index (χ0v) is 11.3. The Morgan fingerprint density at radius 2 is 2.30 bits per heavy atom. The van der Waals surface area contributed by atoms with Gasteiger partial charge in [-0.05, 0) is 17.7 Å². The SMILES string of the molecule is NCCn1cc(C(=O)NCc2ccc(F)c(Cl)c2)nn1. The average Bonchev–Trinajstić information content (AvgIpc) is 2.89. The lowest BCUT2D eigenvalue weighted by Gasteiger charge is -2.04. The molecule has 0 spiro atoms. The van der Waals surface area contributed by atoms with Crippen molar-refractivity contribution < 1.29 is 9.18 Å². The van der Waals surface area contributed by atoms with Gasteiger partial charge in [-0.1, -0.05) is 22.9 Å². The maximum Gasteiger partial charge on any atom is 0.273 e. The van der Waals surface area contributed by atoms with Crippen LogP contribution in [-0.4, -0.2) is 27.4 Å². The van der Waals surface area contributed by atoms with Crippen LogP contribution in [0.1, 0.15) is 16.1 Å². The second kappa shape index (κ2) is 6.44. The molecule has 3 N–H and O–H groups in total. The predicted molar refractivity (Wildman–Crippen MR) is 71.7 cm³/mol. The number of amides is 1. The highest BCUT2D eigenvalue weighted by molar-refractivity contribution is 6.30. The van der Waals surface area contributed by atoms with Gasteiger partial charge in [0.05, 0.1) is 17.8 Å². The number of aromatic nitrogens is 3. The lowest BCUT2D eigenvalue weighted by molar-refractivity contribution is 0.0946. The zero-order chi connectivity index (χ0) is 14.5. The summed E-state index contributed by atoms with van der Waals surface area (Å²) in [5.74, 6) is -0.861. The van der Waals surface area contributed by atoms with E-state index in [9.17, 15) is 9.18 Å². The van der Waals surface area contributed by atoms with Gasteiger partial charge in [0.25, 0.3) is 5.91 Å². The quantitative estimate of drug-likeness (QED) is 0.861. The molecule has 0 fully saturated rings. The predicted octanol–water partition coefficient (Wildman–Crippen LogP) is 0.959. The summed E-state index contributed by atoms with van der Waals surface area (Å²) >= 11 is 5.66. The van der Waals surface area contributed by atoms with E-state index >= 15 is 0 Å². The molecular weight excluding hydrogens is 285 g/mol. The van der Waals surface area contributed by atoms with Gasteiger partial charge in [0.15, 0.2) is 5.69 Å². The monoisotopic (exact) mass is 297 g/mol. The maximum atomic E-state index is 13.0. The van der Waals surface area contributed by atoms with Gasteiger partial charge in [0.1, 0.15) is 5.82 Å². The van der Waals surface area contributed by atoms with E-state index < -0.39 is 5.82 Å². The van der Waals surface area contributed by atoms with E-state index in [1.807, 2.05) is 0 Å². The van der Waals surface area contributed by atoms with E-state index in [-0.39, 0.29) is 23.2 Å². The molecule has 0 atom stereocenters. The topological polar surface area (TPSA) is 85.8 Å². The van der Waals surface area contributed by atoms with E-state index in [0.29, 0.717) is 18.7 Å². The lowest BCUT2D eigenvalue weighted by atomic mass is 10.2. The normalized spacial score (nSPS) is 10.6. The fourth-order valence-corrected chi connectivity index (χ4v) is 1.77. The van der Waals surface area contributed by atoms with Crippen molar-refractivity contribution >= 4 is 17.5 Å². The van der Waals surface area contributed by atoms with Crippen LogP contribution in [0.4, 0.5) is 4.39 Å². The van der Waals surface area contributed by atoms with Crippen molar-refractivity contribution in [1.29, 1.82) is 0 Å². The largest absolute Gasteiger partial charge is 0.347 e. The van der Waals surface area contributed by atoms with Gasteiger partial charge in [0, 0.05) is 13.1 Å². The van der Waals surface area contributed by atoms with E-state index in [1.165, 1.54) is 23.0 Å². The third-order valence-corrected chi connectivity index (χ3v) is 2.86. The summed E-state index contributed by atoms with van der Waals surface area (Å²) in [6.45, 7) is 1.13. The standard InChI is InChI=1S/C12H13ClFN5O/c13-9-5-8(1-2-10(9)14)6-16-12(20)11-7-19(4-3-15)18-17-11/h1-2,5,7H,3-4,6,15H2,(H,16,20). The van der Waals surface area contributed by atoms with Crippen LogP contribution in [0, 0.1) is 5.82 Å². The summed E-state index contributed by atoms with van der Waals surface area (Å²) in [5, 5.41) is 10.2. The second-order valence-corrected chi connectivity index (χ2v) is 4.49. The van der Waals surface area contributed by atoms with Crippen LogP contribution < -0.4 is 11.1 Å². The van der Waals surface area contributed by atoms with Crippen molar-refractivity contribution in [2.75, 3.05) is 6.54 Å². The molecule has 20 heavy (non-hydrogen) atoms. The molecule has 0 aliphatic carbocycles. The van der Waals surface area contributed by atoms with Crippen molar-refractivity contribution in [2.24, 2.45) is 5.73 Å². The fourth-order valence-electron chi connectivity index (χ4n) is 1.57. The number of hydrogen-bond acceptors (Lipinski definition) is 4. The Hall–Kier alpha value is -1.99. The Balaban J connectivity index is 1.95. The molecule has 1 heterocycles. The molecule has 0 saturated carbocycles. The first-order chi connectivity index (χ1) is 9.60. The van der Waals surface area contributed by atoms with E-state index in [1.54, 1.807) is 6.07 Å². The fraction of sp³-hybridized carbons (Fsp3) is 0.250. The smallest absolute Gasteiger partial charge is 0.273 e. The van der Waals surface area contributed by atoms with E-state index in [0.717, 1.165) is 0 Å². The number of nitrogens with zero attached hydrogens (tertiary/aromatic N) is 3. The number of carbonyl (C=O) groups is 1. The van der Waals surface area contributed by atoms with Crippen molar-refractivity contribution in [3.05, 3.63) is 46.5 Å². The van der Waals surface area contributed by atoms with Gasteiger partial charge in [0.2, 0.25) is 0 Å². The first kappa shape index (κ1) is 14.4. The molecule has 2 aromatic rings. The van der Waals surface area contributed by atoms with Crippen LogP contribution in [0.15, 0.2) is 24.4 Å². The van der Waals surface area contributed by atoms with Gasteiger partial charge in [-0.15, -0.1) is 5.10 Å². The summed E-state index contributed by atoms with van der Waals surface area (Å²) in [7, 11) is 0. The molecule has 1 aromatic carbocycles. The number of benzene rings is 1. The molecule has 0 unspecified atom stereocenters. The minimum absolute atomic E-state index is 0.0191. The molecule has 1 amide bonds. The molecule has 0 radical (unpaired) electrons. The summed E-state index contributed by atoms with van der Waals surface area (Å²) < 4.78 is 14.5. The first-order valence-corrected chi connectivity index (χ1v) is 6.30. The minimum Gasteiger partial charge on any atom is -0.347 e. The summed E-state index contributed by atoms with van der Waals surface area (Å²) in [6.07, 6.45) is 1.51. The van der Waals surface area contributed by atoms with Gasteiger partial charge in [-0.2, -0.15) is 0 Å². The number of halogens is 2. The summed E-state index contributed by atoms with van der Waals surface area (Å²) in [4.78, 5) is 11.8. The summed E-state index contributed by atoms with van der Waals surface area (Å²) in [6, 6.07) is 4.26. The van der Waals surface area contributed by atoms with Crippen molar-refractivity contribution in [2.45, 2.75) is 13.1 Å². The Bertz CT molecular complexity index is 616. The van der Waals surface area contributed by atoms with Crippen molar-refractivity contribution in [1.82, 2.24) is 20.3 Å². The van der Waals surface area contributed by atoms with Gasteiger partial charge >= 0.3 is 0 Å². The summed E-state index contributed by atoms with van der Waals surface area (Å²) in [5.41, 5.74) is 6.27. The highest BCUT2D eigenvalue weighted by atomic mass is 35.5. The molecule has 0 aliphatic rings. The van der Waals surface area contributed by atoms with Crippen LogP contribution in [-0.2, 0) is 13.1 Å². The molecule has 0 bridgehead atoms. The highest BCUT2D eigenvalue weighted by Crippen LogP contribution is 2.15. The molecule has 8 heteroatoms. The molecular formula is C12H13ClFN5O. The first-order valence-electron chi connectivity index (χ1n) is 5.92. The van der Waals surface area contributed by atoms with Crippen LogP contribution >= 0.6 is 11.6 Å². The maximum absolute atomic E-state index is 13.0. The minimum atomic E-state index is -0.494. The third-order valence-electron chi connectivity index (χ3n) is 2.57. The molecule has 2 rings (SSSR count). The Labute approximate surface area is 119 Å². The van der Waals surface area contributed by atoms with Crippen LogP contribution in [0.2, 0.25) is 5.02 Å². The Kier molecular flexibility index (Phi) is 4.65. The van der Waals surface area contributed by atoms with Crippen LogP contribution in [0.5, 0.6) is 0 Å². The number of hydrogen-bond donors (Lipinski definition) is 2. The lowest BCUT2D eigenvalue weighted by Crippen LogP contribution is -2.23. The average molecular weight is 298 g/mol. The van der Waals surface area contributed by atoms with Gasteiger partial charge in [-0.3, -0.25) is 9.48 Å². The number of rotatable bonds is 5. The zero-order valence-electron chi connectivity index (χ0n) is 10.5. The molecule has 106 valence electrons. The number of nitrogens with two attached hydrogens (primary N) is 1. The molecule has 0 saturated heterocycles. The van der Waals surface area contributed by atoms with Gasteiger partial charge < -0.3 is 11.1 Å². The Morgan fingerprint density at radius 3 is 3.00 bits per heavy atom. The van der Waals surface area contributed by atoms with E-state index in [2.05, 4.69) is 15.6 Å². The van der Waals surface area contributed by atoms with Crippen LogP contribution in [0.25, 0.3) is 0 Å². The van der Waals surface area contributed by atoms with Crippen molar-refractivity contribution in [3.63, 3.8) is 0 Å². The third kappa shape index (κ3) is 3.52. The van der Waals surface area contributed by atoms with E-state index in [4.69, 9.17) is 17.3 Å². The Morgan fingerprint density at radius 1 is 1.50 bits per heavy atom. The molecule has 0 aliphatic heterocycles. The molecule has 6 nitrogen and oxygen atoms in total.